The van der Waals surface area contributed by atoms with E-state index in [0.717, 1.165) is 30.5 Å². The SMILES string of the molecule is CCC(=O)NC1(c2ccccc2)CCc2nc(N)sc2C1. The molecule has 3 rings (SSSR count). The highest BCUT2D eigenvalue weighted by molar-refractivity contribution is 7.15. The molecule has 1 heterocycles. The van der Waals surface area contributed by atoms with E-state index >= 15 is 0 Å². The maximum absolute atomic E-state index is 12.0. The van der Waals surface area contributed by atoms with Crippen molar-refractivity contribution in [2.45, 2.75) is 38.1 Å². The highest BCUT2D eigenvalue weighted by Gasteiger charge is 2.38. The lowest BCUT2D eigenvalue weighted by Crippen LogP contribution is -2.49. The first-order chi connectivity index (χ1) is 10.1. The van der Waals surface area contributed by atoms with E-state index in [0.29, 0.717) is 11.6 Å². The Labute approximate surface area is 128 Å². The van der Waals surface area contributed by atoms with Crippen LogP contribution in [0.15, 0.2) is 30.3 Å². The number of rotatable bonds is 3. The predicted molar refractivity (Wildman–Crippen MR) is 85.1 cm³/mol. The van der Waals surface area contributed by atoms with Crippen molar-refractivity contribution in [1.29, 1.82) is 0 Å². The summed E-state index contributed by atoms with van der Waals surface area (Å²) in [5, 5.41) is 3.86. The summed E-state index contributed by atoms with van der Waals surface area (Å²) >= 11 is 1.54. The number of fused-ring (bicyclic) bond motifs is 1. The normalized spacial score (nSPS) is 20.8. The molecular weight excluding hydrogens is 282 g/mol. The van der Waals surface area contributed by atoms with Crippen molar-refractivity contribution in [3.63, 3.8) is 0 Å². The van der Waals surface area contributed by atoms with Gasteiger partial charge in [0, 0.05) is 17.7 Å². The van der Waals surface area contributed by atoms with E-state index in [1.807, 2.05) is 25.1 Å². The van der Waals surface area contributed by atoms with Crippen LogP contribution in [0.4, 0.5) is 5.13 Å². The van der Waals surface area contributed by atoms with Crippen LogP contribution in [0, 0.1) is 0 Å². The highest BCUT2D eigenvalue weighted by atomic mass is 32.1. The number of carbonyl (C=O) groups is 1. The minimum absolute atomic E-state index is 0.0831. The molecule has 1 aromatic carbocycles. The first-order valence-corrected chi connectivity index (χ1v) is 8.05. The average Bonchev–Trinajstić information content (AvgIpc) is 2.87. The van der Waals surface area contributed by atoms with Gasteiger partial charge in [-0.3, -0.25) is 4.79 Å². The third kappa shape index (κ3) is 2.65. The van der Waals surface area contributed by atoms with E-state index in [2.05, 4.69) is 22.4 Å². The number of benzene rings is 1. The van der Waals surface area contributed by atoms with Gasteiger partial charge >= 0.3 is 0 Å². The summed E-state index contributed by atoms with van der Waals surface area (Å²) in [5.74, 6) is 0.0831. The summed E-state index contributed by atoms with van der Waals surface area (Å²) in [5.41, 5.74) is 7.75. The van der Waals surface area contributed by atoms with Gasteiger partial charge in [0.15, 0.2) is 5.13 Å². The molecule has 2 aromatic rings. The summed E-state index contributed by atoms with van der Waals surface area (Å²) < 4.78 is 0. The van der Waals surface area contributed by atoms with Crippen molar-refractivity contribution in [2.75, 3.05) is 5.73 Å². The number of hydrogen-bond acceptors (Lipinski definition) is 4. The fraction of sp³-hybridized carbons (Fsp3) is 0.375. The monoisotopic (exact) mass is 301 g/mol. The third-order valence-electron chi connectivity index (χ3n) is 4.07. The molecule has 5 heteroatoms. The molecule has 110 valence electrons. The van der Waals surface area contributed by atoms with Gasteiger partial charge in [-0.25, -0.2) is 4.98 Å². The van der Waals surface area contributed by atoms with E-state index in [9.17, 15) is 4.79 Å². The Kier molecular flexibility index (Phi) is 3.68. The van der Waals surface area contributed by atoms with Gasteiger partial charge in [0.25, 0.3) is 0 Å². The second-order valence-corrected chi connectivity index (χ2v) is 6.56. The van der Waals surface area contributed by atoms with Crippen molar-refractivity contribution >= 4 is 22.4 Å². The number of aromatic nitrogens is 1. The first-order valence-electron chi connectivity index (χ1n) is 7.23. The maximum atomic E-state index is 12.0. The van der Waals surface area contributed by atoms with E-state index in [-0.39, 0.29) is 11.4 Å². The molecule has 21 heavy (non-hydrogen) atoms. The van der Waals surface area contributed by atoms with Crippen LogP contribution in [-0.4, -0.2) is 10.9 Å². The van der Waals surface area contributed by atoms with E-state index in [4.69, 9.17) is 5.73 Å². The van der Waals surface area contributed by atoms with Crippen LogP contribution >= 0.6 is 11.3 Å². The number of amides is 1. The summed E-state index contributed by atoms with van der Waals surface area (Å²) in [4.78, 5) is 17.6. The van der Waals surface area contributed by atoms with Gasteiger partial charge in [0.2, 0.25) is 5.91 Å². The van der Waals surface area contributed by atoms with E-state index < -0.39 is 0 Å². The number of nitrogens with one attached hydrogen (secondary N) is 1. The Balaban J connectivity index is 2.00. The second-order valence-electron chi connectivity index (χ2n) is 5.45. The van der Waals surface area contributed by atoms with Gasteiger partial charge in [0.05, 0.1) is 11.2 Å². The fourth-order valence-electron chi connectivity index (χ4n) is 2.97. The van der Waals surface area contributed by atoms with Gasteiger partial charge in [-0.05, 0) is 18.4 Å². The third-order valence-corrected chi connectivity index (χ3v) is 5.00. The second kappa shape index (κ2) is 5.48. The van der Waals surface area contributed by atoms with Gasteiger partial charge in [-0.15, -0.1) is 11.3 Å². The maximum Gasteiger partial charge on any atom is 0.220 e. The van der Waals surface area contributed by atoms with Crippen LogP contribution in [0.2, 0.25) is 0 Å². The standard InChI is InChI=1S/C16H19N3OS/c1-2-14(20)19-16(11-6-4-3-5-7-11)9-8-12-13(10-16)21-15(17)18-12/h3-7H,2,8-10H2,1H3,(H2,17,18)(H,19,20). The van der Waals surface area contributed by atoms with Gasteiger partial charge in [-0.1, -0.05) is 37.3 Å². The number of aryl methyl sites for hydroxylation is 1. The topological polar surface area (TPSA) is 68.0 Å². The van der Waals surface area contributed by atoms with Crippen molar-refractivity contribution < 1.29 is 4.79 Å². The molecule has 0 saturated heterocycles. The zero-order chi connectivity index (χ0) is 14.9. The lowest BCUT2D eigenvalue weighted by molar-refractivity contribution is -0.123. The molecule has 0 bridgehead atoms. The Hall–Kier alpha value is -1.88. The summed E-state index contributed by atoms with van der Waals surface area (Å²) in [6.07, 6.45) is 2.97. The average molecular weight is 301 g/mol. The molecule has 0 spiro atoms. The molecule has 0 radical (unpaired) electrons. The molecular formula is C16H19N3OS. The van der Waals surface area contributed by atoms with Gasteiger partial charge in [0.1, 0.15) is 0 Å². The van der Waals surface area contributed by atoms with Crippen molar-refractivity contribution in [2.24, 2.45) is 0 Å². The van der Waals surface area contributed by atoms with Crippen LogP contribution in [0.1, 0.15) is 35.9 Å². The molecule has 0 saturated carbocycles. The minimum Gasteiger partial charge on any atom is -0.375 e. The quantitative estimate of drug-likeness (QED) is 0.915. The van der Waals surface area contributed by atoms with Crippen molar-refractivity contribution in [1.82, 2.24) is 10.3 Å². The Bertz CT molecular complexity index is 653. The lowest BCUT2D eigenvalue weighted by atomic mass is 9.77. The number of thiazole rings is 1. The van der Waals surface area contributed by atoms with Crippen LogP contribution in [0.5, 0.6) is 0 Å². The largest absolute Gasteiger partial charge is 0.375 e. The summed E-state index contributed by atoms with van der Waals surface area (Å²) in [7, 11) is 0. The highest BCUT2D eigenvalue weighted by Crippen LogP contribution is 2.39. The molecule has 1 atom stereocenters. The number of hydrogen-bond donors (Lipinski definition) is 2. The van der Waals surface area contributed by atoms with E-state index in [1.165, 1.54) is 16.2 Å². The molecule has 1 aliphatic rings. The van der Waals surface area contributed by atoms with Crippen LogP contribution < -0.4 is 11.1 Å². The number of nitrogen functional groups attached to an aromatic ring is 1. The zero-order valence-corrected chi connectivity index (χ0v) is 12.9. The first kappa shape index (κ1) is 14.1. The van der Waals surface area contributed by atoms with Crippen LogP contribution in [0.3, 0.4) is 0 Å². The smallest absolute Gasteiger partial charge is 0.220 e. The van der Waals surface area contributed by atoms with E-state index in [1.54, 1.807) is 0 Å². The Morgan fingerprint density at radius 1 is 1.43 bits per heavy atom. The van der Waals surface area contributed by atoms with Gasteiger partial charge < -0.3 is 11.1 Å². The molecule has 0 fully saturated rings. The minimum atomic E-state index is -0.333. The van der Waals surface area contributed by atoms with Crippen LogP contribution in [-0.2, 0) is 23.2 Å². The molecule has 4 nitrogen and oxygen atoms in total. The number of nitrogens with two attached hydrogens (primary N) is 1. The zero-order valence-electron chi connectivity index (χ0n) is 12.1. The predicted octanol–water partition coefficient (Wildman–Crippen LogP) is 2.64. The molecule has 1 aromatic heterocycles. The molecule has 1 amide bonds. The number of carbonyl (C=O) groups excluding carboxylic acids is 1. The number of anilines is 1. The lowest BCUT2D eigenvalue weighted by Gasteiger charge is -2.38. The molecule has 3 N–H and O–H groups in total. The van der Waals surface area contributed by atoms with Crippen LogP contribution in [0.25, 0.3) is 0 Å². The summed E-state index contributed by atoms with van der Waals surface area (Å²) in [6.45, 7) is 1.88. The van der Waals surface area contributed by atoms with Gasteiger partial charge in [-0.2, -0.15) is 0 Å². The summed E-state index contributed by atoms with van der Waals surface area (Å²) in [6, 6.07) is 10.2. The van der Waals surface area contributed by atoms with Crippen molar-refractivity contribution in [3.05, 3.63) is 46.5 Å². The fourth-order valence-corrected chi connectivity index (χ4v) is 3.96. The number of nitrogens with zero attached hydrogens (tertiary/aromatic N) is 1. The Morgan fingerprint density at radius 2 is 2.19 bits per heavy atom. The molecule has 1 unspecified atom stereocenters. The van der Waals surface area contributed by atoms with Crippen molar-refractivity contribution in [3.8, 4) is 0 Å². The Morgan fingerprint density at radius 3 is 2.90 bits per heavy atom. The molecule has 0 aliphatic heterocycles. The molecule has 1 aliphatic carbocycles.